The van der Waals surface area contributed by atoms with Crippen molar-refractivity contribution in [1.29, 1.82) is 0 Å². The summed E-state index contributed by atoms with van der Waals surface area (Å²) in [5.41, 5.74) is 1.33. The lowest BCUT2D eigenvalue weighted by Gasteiger charge is -2.41. The Morgan fingerprint density at radius 3 is 1.74 bits per heavy atom. The highest BCUT2D eigenvalue weighted by Gasteiger charge is 2.44. The van der Waals surface area contributed by atoms with E-state index in [-0.39, 0.29) is 107 Å². The summed E-state index contributed by atoms with van der Waals surface area (Å²) in [6, 6.07) is 12.7. The van der Waals surface area contributed by atoms with Crippen molar-refractivity contribution in [3.8, 4) is 0 Å². The third kappa shape index (κ3) is 30.1. The third-order valence-corrected chi connectivity index (χ3v) is 20.2. The number of aliphatic hydroxyl groups is 1. The molecule has 0 aliphatic carbocycles. The van der Waals surface area contributed by atoms with Crippen LogP contribution in [0.3, 0.4) is 0 Å². The number of carbonyl (C=O) groups excluding carboxylic acids is 12. The molecule has 2 saturated heterocycles. The highest BCUT2D eigenvalue weighted by molar-refractivity contribution is 6.12. The average Bonchev–Trinajstić information content (AvgIpc) is 1.79. The Hall–Kier alpha value is -8.30. The summed E-state index contributed by atoms with van der Waals surface area (Å²) in [7, 11) is 6.04. The maximum atomic E-state index is 14.9. The zero-order valence-corrected chi connectivity index (χ0v) is 66.0. The van der Waals surface area contributed by atoms with Crippen molar-refractivity contribution in [3.05, 3.63) is 83.9 Å². The second-order valence-corrected chi connectivity index (χ2v) is 28.8. The van der Waals surface area contributed by atoms with Crippen LogP contribution >= 0.6 is 0 Å². The molecule has 0 saturated carbocycles. The van der Waals surface area contributed by atoms with Crippen molar-refractivity contribution in [3.63, 3.8) is 0 Å². The number of methoxy groups -OCH3 is 2. The van der Waals surface area contributed by atoms with E-state index < -0.39 is 133 Å². The number of hydrogen-bond donors (Lipinski definition) is 7. The summed E-state index contributed by atoms with van der Waals surface area (Å²) >= 11 is 0. The molecule has 0 spiro atoms. The van der Waals surface area contributed by atoms with E-state index in [1.54, 1.807) is 101 Å². The number of aliphatic hydroxyl groups excluding tert-OH is 1. The number of rotatable bonds is 38. The van der Waals surface area contributed by atoms with Crippen LogP contribution in [0.2, 0.25) is 0 Å². The van der Waals surface area contributed by atoms with Gasteiger partial charge in [-0.3, -0.25) is 67.3 Å². The van der Waals surface area contributed by atoms with Gasteiger partial charge in [-0.2, -0.15) is 0 Å². The van der Waals surface area contributed by atoms with Gasteiger partial charge in [-0.15, -0.1) is 0 Å². The molecule has 3 aliphatic heterocycles. The van der Waals surface area contributed by atoms with E-state index in [1.165, 1.54) is 43.2 Å². The van der Waals surface area contributed by atoms with Gasteiger partial charge in [0.05, 0.1) is 121 Å². The number of carbonyl (C=O) groups is 12. The smallest absolute Gasteiger partial charge is 0.253 e. The largest absolute Gasteiger partial charge is 0.386 e. The normalized spacial score (nSPS) is 18.7. The molecule has 5 rings (SSSR count). The van der Waals surface area contributed by atoms with Crippen LogP contribution in [0.15, 0.2) is 72.8 Å². The number of benzene rings is 2. The first kappa shape index (κ1) is 91.3. The number of nitrogens with one attached hydrogen (secondary N) is 6. The zero-order chi connectivity index (χ0) is 80.1. The maximum absolute atomic E-state index is 14.9. The van der Waals surface area contributed by atoms with E-state index in [0.717, 1.165) is 4.90 Å². The Kier molecular flexibility index (Phi) is 40.5. The fraction of sp³-hybridized carbons (Fsp3) is 0.667. The van der Waals surface area contributed by atoms with Gasteiger partial charge in [0.25, 0.3) is 11.8 Å². The van der Waals surface area contributed by atoms with Crippen LogP contribution in [0.5, 0.6) is 0 Å². The molecule has 608 valence electrons. The topological polar surface area (TPSA) is 372 Å². The van der Waals surface area contributed by atoms with Crippen LogP contribution in [0.25, 0.3) is 0 Å². The minimum Gasteiger partial charge on any atom is -0.386 e. The van der Waals surface area contributed by atoms with Crippen molar-refractivity contribution in [2.75, 3.05) is 147 Å². The summed E-state index contributed by atoms with van der Waals surface area (Å²) in [4.78, 5) is 171. The van der Waals surface area contributed by atoms with Crippen LogP contribution in [0, 0.1) is 23.7 Å². The van der Waals surface area contributed by atoms with E-state index in [9.17, 15) is 62.6 Å². The van der Waals surface area contributed by atoms with Gasteiger partial charge in [0.1, 0.15) is 18.1 Å². The number of amides is 12. The summed E-state index contributed by atoms with van der Waals surface area (Å²) in [5.74, 6) is -7.51. The summed E-state index contributed by atoms with van der Waals surface area (Å²) in [6.45, 7) is 17.8. The van der Waals surface area contributed by atoms with E-state index >= 15 is 0 Å². The number of unbranched alkanes of at least 4 members (excludes halogenated alkanes) is 1. The fourth-order valence-electron chi connectivity index (χ4n) is 13.6. The van der Waals surface area contributed by atoms with Crippen LogP contribution in [0.4, 0.5) is 0 Å². The molecule has 0 aromatic heterocycles. The molecule has 0 bridgehead atoms. The van der Waals surface area contributed by atoms with Gasteiger partial charge in [-0.1, -0.05) is 116 Å². The summed E-state index contributed by atoms with van der Waals surface area (Å²) in [5, 5.41) is 27.2. The van der Waals surface area contributed by atoms with Crippen molar-refractivity contribution >= 4 is 70.9 Å². The molecular weight excluding hydrogens is 1410 g/mol. The van der Waals surface area contributed by atoms with Gasteiger partial charge in [0.2, 0.25) is 59.1 Å². The second kappa shape index (κ2) is 48.4. The Morgan fingerprint density at radius 1 is 0.596 bits per heavy atom. The molecule has 7 N–H and O–H groups in total. The van der Waals surface area contributed by atoms with Gasteiger partial charge in [0, 0.05) is 106 Å². The zero-order valence-electron chi connectivity index (χ0n) is 66.0. The summed E-state index contributed by atoms with van der Waals surface area (Å²) < 4.78 is 35.2. The van der Waals surface area contributed by atoms with Gasteiger partial charge in [0.15, 0.2) is 0 Å². The van der Waals surface area contributed by atoms with E-state index in [4.69, 9.17) is 28.4 Å². The van der Waals surface area contributed by atoms with E-state index in [2.05, 4.69) is 31.9 Å². The standard InChI is InChI=1S/C78H122N12O19/c1-13-54(6)72(61(104-11)48-68(97)89-33-22-27-60(89)74(105-12)55(7)75(100)82-56(8)73(99)58-25-18-15-19-26-58)86(10)78(103)70(52(2)3)84-77(102)71(53(4)5)85(9)69(98)51-81-76(101)59(47-57-23-16-14-17-24-57)83-64(93)50-80-63(92)49-79-62(91)31-34-87-35-39-106-43-45-108-41-37-88(38-42-109-46-44-107-40-36-87)65(94)28-20-21-32-90-66(95)29-30-67(90)96/h14-19,23-26,29-30,52-56,59-61,70-74,99H,13,20-22,27-28,31-51H2,1-12H3,(H,79,91)(H,80,92)(H,81,101)(H,82,100)(H,83,93)(H,84,102)/t54-,55+,56+,59-,60+,61+,70-,71-,72-,73+,74+/m0/s1. The molecular formula is C78H122N12O19. The van der Waals surface area contributed by atoms with Crippen molar-refractivity contribution in [1.82, 2.24) is 61.3 Å². The van der Waals surface area contributed by atoms with Gasteiger partial charge in [-0.05, 0) is 61.5 Å². The Labute approximate surface area is 642 Å². The fourth-order valence-corrected chi connectivity index (χ4v) is 13.6. The molecule has 31 nitrogen and oxygen atoms in total. The lowest BCUT2D eigenvalue weighted by molar-refractivity contribution is -0.148. The van der Waals surface area contributed by atoms with E-state index in [0.29, 0.717) is 95.7 Å². The molecule has 0 radical (unpaired) electrons. The number of hydrogen-bond acceptors (Lipinski definition) is 20. The number of likely N-dealkylation sites (N-methyl/N-ethyl adjacent to an activating group) is 2. The molecule has 3 heterocycles. The van der Waals surface area contributed by atoms with Gasteiger partial charge in [-0.25, -0.2) is 0 Å². The predicted molar refractivity (Wildman–Crippen MR) is 405 cm³/mol. The summed E-state index contributed by atoms with van der Waals surface area (Å²) in [6.07, 6.45) is 3.06. The highest BCUT2D eigenvalue weighted by atomic mass is 16.5. The quantitative estimate of drug-likeness (QED) is 0.0370. The molecule has 3 aliphatic rings. The molecule has 12 amide bonds. The van der Waals surface area contributed by atoms with Crippen LogP contribution in [0.1, 0.15) is 124 Å². The minimum atomic E-state index is -1.23. The molecule has 0 unspecified atom stereocenters. The minimum absolute atomic E-state index is 0.000345. The molecule has 109 heavy (non-hydrogen) atoms. The maximum Gasteiger partial charge on any atom is 0.253 e. The van der Waals surface area contributed by atoms with Crippen molar-refractivity contribution in [2.45, 2.75) is 168 Å². The molecule has 2 aromatic rings. The van der Waals surface area contributed by atoms with E-state index in [1.807, 2.05) is 36.9 Å². The molecule has 2 fully saturated rings. The molecule has 31 heteroatoms. The Bertz CT molecular complexity index is 3220. The first-order valence-electron chi connectivity index (χ1n) is 38.3. The van der Waals surface area contributed by atoms with Gasteiger partial charge >= 0.3 is 0 Å². The lowest BCUT2D eigenvalue weighted by atomic mass is 9.89. The SMILES string of the molecule is CC[C@H](C)[C@@H]([C@@H](CC(=O)N1CCC[C@@H]1[C@H](OC)[C@@H](C)C(=O)N[C@H](C)[C@@H](O)c1ccccc1)OC)N(C)C(=O)[C@@H](NC(=O)[C@H](C(C)C)N(C)C(=O)CNC(=O)[C@H](Cc1ccccc1)NC(=O)CNC(=O)CNC(=O)CCN1CCOCCOCCN(C(=O)CCCCN2C(=O)C=CC2=O)CCOCCOCC1)C(C)C. The monoisotopic (exact) mass is 1530 g/mol. The Balaban J connectivity index is 1.09. The van der Waals surface area contributed by atoms with Gasteiger partial charge < -0.3 is 85.0 Å². The van der Waals surface area contributed by atoms with Crippen LogP contribution in [-0.2, 0) is 92.4 Å². The third-order valence-electron chi connectivity index (χ3n) is 20.2. The first-order chi connectivity index (χ1) is 52.1. The number of imide groups is 1. The molecule has 2 aromatic carbocycles. The average molecular weight is 1530 g/mol. The van der Waals surface area contributed by atoms with Crippen molar-refractivity contribution < 1.29 is 91.1 Å². The number of nitrogens with zero attached hydrogens (tertiary/aromatic N) is 6. The molecule has 11 atom stereocenters. The number of likely N-dealkylation sites (tertiary alicyclic amines) is 1. The predicted octanol–water partition coefficient (Wildman–Crippen LogP) is 1.54. The Morgan fingerprint density at radius 2 is 1.17 bits per heavy atom. The van der Waals surface area contributed by atoms with Crippen LogP contribution < -0.4 is 31.9 Å². The van der Waals surface area contributed by atoms with Crippen LogP contribution in [-0.4, -0.2) is 300 Å². The number of ether oxygens (including phenoxy) is 6. The second-order valence-electron chi connectivity index (χ2n) is 28.8. The van der Waals surface area contributed by atoms with Crippen molar-refractivity contribution in [2.24, 2.45) is 23.7 Å². The highest BCUT2D eigenvalue weighted by Crippen LogP contribution is 2.31. The lowest BCUT2D eigenvalue weighted by Crippen LogP contribution is -2.61. The first-order valence-corrected chi connectivity index (χ1v) is 38.3.